The lowest BCUT2D eigenvalue weighted by Gasteiger charge is -2.47. The van der Waals surface area contributed by atoms with Gasteiger partial charge in [-0.15, -0.1) is 0 Å². The second-order valence-corrected chi connectivity index (χ2v) is 5.90. The first kappa shape index (κ1) is 13.6. The topological polar surface area (TPSA) is 49.9 Å². The number of morpholine rings is 1. The van der Waals surface area contributed by atoms with Crippen molar-refractivity contribution in [1.29, 1.82) is 0 Å². The third-order valence-electron chi connectivity index (χ3n) is 4.66. The van der Waals surface area contributed by atoms with Crippen LogP contribution in [0, 0.1) is 5.92 Å². The highest BCUT2D eigenvalue weighted by atomic mass is 16.5. The van der Waals surface area contributed by atoms with Crippen molar-refractivity contribution in [3.05, 3.63) is 12.2 Å². The summed E-state index contributed by atoms with van der Waals surface area (Å²) in [5.41, 5.74) is 0. The predicted molar refractivity (Wildman–Crippen MR) is 74.0 cm³/mol. The maximum Gasteiger partial charge on any atom is 0.226 e. The standard InChI is InChI=1S/C15H22N2O3/c1-11(18)17-8-9-20-14-6-7-16(10-13(14)17)15(19)12-4-2-3-5-12/h2-3,12-14H,4-10H2,1H3/t13-,14-/m0/s1. The average molecular weight is 278 g/mol. The molecule has 3 rings (SSSR count). The number of likely N-dealkylation sites (tertiary alicyclic amines) is 1. The summed E-state index contributed by atoms with van der Waals surface area (Å²) in [6.45, 7) is 4.23. The van der Waals surface area contributed by atoms with Gasteiger partial charge in [0.25, 0.3) is 0 Å². The van der Waals surface area contributed by atoms with Crippen molar-refractivity contribution in [3.63, 3.8) is 0 Å². The van der Waals surface area contributed by atoms with Crippen molar-refractivity contribution in [1.82, 2.24) is 9.80 Å². The van der Waals surface area contributed by atoms with E-state index in [0.717, 1.165) is 25.8 Å². The van der Waals surface area contributed by atoms with Crippen LogP contribution in [0.2, 0.25) is 0 Å². The van der Waals surface area contributed by atoms with Crippen molar-refractivity contribution in [3.8, 4) is 0 Å². The fourth-order valence-electron chi connectivity index (χ4n) is 3.54. The molecule has 0 unspecified atom stereocenters. The maximum absolute atomic E-state index is 12.5. The molecule has 3 aliphatic rings. The minimum atomic E-state index is 0.0355. The Morgan fingerprint density at radius 3 is 2.65 bits per heavy atom. The molecule has 20 heavy (non-hydrogen) atoms. The van der Waals surface area contributed by atoms with Gasteiger partial charge in [0.1, 0.15) is 0 Å². The number of nitrogens with zero attached hydrogens (tertiary/aromatic N) is 2. The lowest BCUT2D eigenvalue weighted by atomic mass is 9.96. The highest BCUT2D eigenvalue weighted by Gasteiger charge is 2.40. The van der Waals surface area contributed by atoms with Gasteiger partial charge < -0.3 is 14.5 Å². The molecule has 0 saturated carbocycles. The van der Waals surface area contributed by atoms with Crippen LogP contribution in [0.25, 0.3) is 0 Å². The smallest absolute Gasteiger partial charge is 0.226 e. The van der Waals surface area contributed by atoms with E-state index in [9.17, 15) is 9.59 Å². The quantitative estimate of drug-likeness (QED) is 0.667. The number of carbonyl (C=O) groups excluding carboxylic acids is 2. The molecule has 0 aromatic heterocycles. The second-order valence-electron chi connectivity index (χ2n) is 5.90. The van der Waals surface area contributed by atoms with Crippen LogP contribution in [0.4, 0.5) is 0 Å². The fourth-order valence-corrected chi connectivity index (χ4v) is 3.54. The minimum Gasteiger partial charge on any atom is -0.374 e. The van der Waals surface area contributed by atoms with Gasteiger partial charge in [-0.05, 0) is 19.3 Å². The Bertz CT molecular complexity index is 427. The molecule has 0 spiro atoms. The van der Waals surface area contributed by atoms with Gasteiger partial charge >= 0.3 is 0 Å². The van der Waals surface area contributed by atoms with Gasteiger partial charge in [-0.25, -0.2) is 0 Å². The number of ether oxygens (including phenoxy) is 1. The largest absolute Gasteiger partial charge is 0.374 e. The second kappa shape index (κ2) is 5.56. The van der Waals surface area contributed by atoms with Crippen molar-refractivity contribution in [2.45, 2.75) is 38.3 Å². The third-order valence-corrected chi connectivity index (χ3v) is 4.66. The Labute approximate surface area is 119 Å². The molecule has 0 radical (unpaired) electrons. The molecule has 0 aromatic carbocycles. The number of rotatable bonds is 1. The van der Waals surface area contributed by atoms with Crippen LogP contribution in [-0.2, 0) is 14.3 Å². The van der Waals surface area contributed by atoms with Crippen LogP contribution in [0.15, 0.2) is 12.2 Å². The number of allylic oxidation sites excluding steroid dienone is 2. The normalized spacial score (nSPS) is 30.4. The van der Waals surface area contributed by atoms with E-state index < -0.39 is 0 Å². The Balaban J connectivity index is 1.68. The van der Waals surface area contributed by atoms with Gasteiger partial charge in [-0.3, -0.25) is 9.59 Å². The number of carbonyl (C=O) groups is 2. The Hall–Kier alpha value is -1.36. The van der Waals surface area contributed by atoms with Gasteiger partial charge in [0, 0.05) is 32.5 Å². The summed E-state index contributed by atoms with van der Waals surface area (Å²) < 4.78 is 5.77. The zero-order valence-corrected chi connectivity index (χ0v) is 12.0. The molecule has 2 heterocycles. The molecule has 5 heteroatoms. The molecular formula is C15H22N2O3. The van der Waals surface area contributed by atoms with E-state index in [-0.39, 0.29) is 29.9 Å². The molecule has 0 bridgehead atoms. The molecule has 2 amide bonds. The van der Waals surface area contributed by atoms with E-state index in [2.05, 4.69) is 12.2 Å². The molecule has 5 nitrogen and oxygen atoms in total. The van der Waals surface area contributed by atoms with E-state index in [1.54, 1.807) is 6.92 Å². The highest BCUT2D eigenvalue weighted by molar-refractivity contribution is 5.80. The molecule has 110 valence electrons. The van der Waals surface area contributed by atoms with Gasteiger partial charge in [-0.1, -0.05) is 12.2 Å². The molecular weight excluding hydrogens is 256 g/mol. The number of hydrogen-bond acceptors (Lipinski definition) is 3. The van der Waals surface area contributed by atoms with Gasteiger partial charge in [-0.2, -0.15) is 0 Å². The SMILES string of the molecule is CC(=O)N1CCO[C@H]2CCN(C(=O)C3CC=CC3)C[C@@H]21. The summed E-state index contributed by atoms with van der Waals surface area (Å²) in [6.07, 6.45) is 6.81. The number of piperidine rings is 1. The van der Waals surface area contributed by atoms with E-state index in [4.69, 9.17) is 4.74 Å². The average Bonchev–Trinajstić information content (AvgIpc) is 2.99. The van der Waals surface area contributed by atoms with Crippen LogP contribution in [0.1, 0.15) is 26.2 Å². The summed E-state index contributed by atoms with van der Waals surface area (Å²) in [7, 11) is 0. The van der Waals surface area contributed by atoms with E-state index in [0.29, 0.717) is 19.7 Å². The van der Waals surface area contributed by atoms with Crippen molar-refractivity contribution in [2.75, 3.05) is 26.2 Å². The van der Waals surface area contributed by atoms with Crippen LogP contribution in [0.3, 0.4) is 0 Å². The fraction of sp³-hybridized carbons (Fsp3) is 0.733. The van der Waals surface area contributed by atoms with E-state index in [1.807, 2.05) is 9.80 Å². The first-order valence-electron chi connectivity index (χ1n) is 7.49. The summed E-state index contributed by atoms with van der Waals surface area (Å²) in [4.78, 5) is 28.0. The molecule has 0 N–H and O–H groups in total. The molecule has 2 aliphatic heterocycles. The number of fused-ring (bicyclic) bond motifs is 1. The summed E-state index contributed by atoms with van der Waals surface area (Å²) in [5.74, 6) is 0.435. The Morgan fingerprint density at radius 2 is 1.95 bits per heavy atom. The third kappa shape index (κ3) is 2.46. The van der Waals surface area contributed by atoms with Gasteiger partial charge in [0.2, 0.25) is 11.8 Å². The van der Waals surface area contributed by atoms with Crippen LogP contribution in [0.5, 0.6) is 0 Å². The summed E-state index contributed by atoms with van der Waals surface area (Å²) in [5, 5.41) is 0. The zero-order valence-electron chi connectivity index (χ0n) is 12.0. The van der Waals surface area contributed by atoms with Crippen LogP contribution >= 0.6 is 0 Å². The summed E-state index contributed by atoms with van der Waals surface area (Å²) in [6, 6.07) is 0.0355. The van der Waals surface area contributed by atoms with E-state index >= 15 is 0 Å². The molecule has 1 aliphatic carbocycles. The predicted octanol–water partition coefficient (Wildman–Crippen LogP) is 0.801. The highest BCUT2D eigenvalue weighted by Crippen LogP contribution is 2.27. The molecule has 2 fully saturated rings. The Morgan fingerprint density at radius 1 is 1.20 bits per heavy atom. The molecule has 2 saturated heterocycles. The molecule has 0 aromatic rings. The van der Waals surface area contributed by atoms with E-state index in [1.165, 1.54) is 0 Å². The summed E-state index contributed by atoms with van der Waals surface area (Å²) >= 11 is 0. The minimum absolute atomic E-state index is 0.0355. The number of amides is 2. The first-order valence-corrected chi connectivity index (χ1v) is 7.49. The number of hydrogen-bond donors (Lipinski definition) is 0. The van der Waals surface area contributed by atoms with Crippen LogP contribution in [-0.4, -0.2) is 60.0 Å². The van der Waals surface area contributed by atoms with Gasteiger partial charge in [0.15, 0.2) is 0 Å². The van der Waals surface area contributed by atoms with Crippen LogP contribution < -0.4 is 0 Å². The van der Waals surface area contributed by atoms with Gasteiger partial charge in [0.05, 0.1) is 18.8 Å². The lowest BCUT2D eigenvalue weighted by molar-refractivity contribution is -0.157. The van der Waals surface area contributed by atoms with Crippen molar-refractivity contribution < 1.29 is 14.3 Å². The van der Waals surface area contributed by atoms with Crippen molar-refractivity contribution in [2.24, 2.45) is 5.92 Å². The van der Waals surface area contributed by atoms with Crippen molar-refractivity contribution >= 4 is 11.8 Å². The molecule has 2 atom stereocenters. The lowest BCUT2D eigenvalue weighted by Crippen LogP contribution is -2.62. The zero-order chi connectivity index (χ0) is 14.1. The monoisotopic (exact) mass is 278 g/mol. The first-order chi connectivity index (χ1) is 9.66. The maximum atomic E-state index is 12.5. The Kier molecular flexibility index (Phi) is 3.78.